The third-order valence-corrected chi connectivity index (χ3v) is 2.89. The number of thiophene rings is 1. The Kier molecular flexibility index (Phi) is 2.19. The molecule has 0 fully saturated rings. The van der Waals surface area contributed by atoms with Gasteiger partial charge in [-0.15, -0.1) is 11.3 Å². The number of hydrogen-bond acceptors (Lipinski definition) is 4. The Labute approximate surface area is 75.5 Å². The van der Waals surface area contributed by atoms with E-state index >= 15 is 0 Å². The van der Waals surface area contributed by atoms with Gasteiger partial charge >= 0.3 is 0 Å². The van der Waals surface area contributed by atoms with Gasteiger partial charge in [-0.2, -0.15) is 0 Å². The van der Waals surface area contributed by atoms with Crippen molar-refractivity contribution in [2.24, 2.45) is 5.73 Å². The summed E-state index contributed by atoms with van der Waals surface area (Å²) in [6.45, 7) is 2.38. The third kappa shape index (κ3) is 1.28. The van der Waals surface area contributed by atoms with Gasteiger partial charge in [0.05, 0.1) is 5.69 Å². The summed E-state index contributed by atoms with van der Waals surface area (Å²) in [5.41, 5.74) is 6.65. The molecule has 3 nitrogen and oxygen atoms in total. The van der Waals surface area contributed by atoms with Crippen LogP contribution in [0.3, 0.4) is 0 Å². The van der Waals surface area contributed by atoms with Crippen LogP contribution in [0.15, 0.2) is 5.38 Å². The summed E-state index contributed by atoms with van der Waals surface area (Å²) >= 11 is 1.72. The highest BCUT2D eigenvalue weighted by Crippen LogP contribution is 2.36. The van der Waals surface area contributed by atoms with Gasteiger partial charge in [0.1, 0.15) is 6.61 Å². The molecule has 0 saturated carbocycles. The maximum Gasteiger partial charge on any atom is 0.153 e. The summed E-state index contributed by atoms with van der Waals surface area (Å²) in [6.07, 6.45) is 0.941. The van der Waals surface area contributed by atoms with Crippen LogP contribution >= 0.6 is 11.3 Å². The molecule has 3 N–H and O–H groups in total. The van der Waals surface area contributed by atoms with E-state index in [9.17, 15) is 0 Å². The summed E-state index contributed by atoms with van der Waals surface area (Å²) < 4.78 is 5.46. The quantitative estimate of drug-likeness (QED) is 0.722. The van der Waals surface area contributed by atoms with Crippen LogP contribution in [0.1, 0.15) is 4.88 Å². The summed E-state index contributed by atoms with van der Waals surface area (Å²) in [5, 5.41) is 5.37. The molecule has 4 heteroatoms. The lowest BCUT2D eigenvalue weighted by Gasteiger charge is -2.16. The van der Waals surface area contributed by atoms with Gasteiger partial charge in [-0.25, -0.2) is 0 Å². The van der Waals surface area contributed by atoms with E-state index in [0.717, 1.165) is 31.0 Å². The minimum atomic E-state index is 0.703. The van der Waals surface area contributed by atoms with Gasteiger partial charge in [0.25, 0.3) is 0 Å². The number of ether oxygens (including phenoxy) is 1. The van der Waals surface area contributed by atoms with E-state index < -0.39 is 0 Å². The fraction of sp³-hybridized carbons (Fsp3) is 0.500. The maximum atomic E-state index is 5.49. The first kappa shape index (κ1) is 7.89. The lowest BCUT2D eigenvalue weighted by Crippen LogP contribution is -2.18. The predicted molar refractivity (Wildman–Crippen MR) is 51.1 cm³/mol. The van der Waals surface area contributed by atoms with E-state index in [1.165, 1.54) is 4.88 Å². The molecule has 2 rings (SSSR count). The maximum absolute atomic E-state index is 5.49. The van der Waals surface area contributed by atoms with Crippen molar-refractivity contribution in [3.05, 3.63) is 10.3 Å². The van der Waals surface area contributed by atoms with E-state index in [1.54, 1.807) is 11.3 Å². The number of anilines is 1. The highest BCUT2D eigenvalue weighted by atomic mass is 32.1. The smallest absolute Gasteiger partial charge is 0.153 e. The Morgan fingerprint density at radius 1 is 1.67 bits per heavy atom. The van der Waals surface area contributed by atoms with Crippen LogP contribution in [-0.4, -0.2) is 19.7 Å². The van der Waals surface area contributed by atoms with E-state index in [2.05, 4.69) is 5.32 Å². The zero-order chi connectivity index (χ0) is 8.39. The SMILES string of the molecule is NCCc1scc2c1NCCO2. The van der Waals surface area contributed by atoms with Crippen molar-refractivity contribution >= 4 is 17.0 Å². The van der Waals surface area contributed by atoms with Crippen LogP contribution in [0.4, 0.5) is 5.69 Å². The molecule has 1 aromatic heterocycles. The Hall–Kier alpha value is -0.740. The second-order valence-corrected chi connectivity index (χ2v) is 3.68. The van der Waals surface area contributed by atoms with Gasteiger partial charge in [-0.1, -0.05) is 0 Å². The minimum absolute atomic E-state index is 0.703. The van der Waals surface area contributed by atoms with Crippen LogP contribution in [0.5, 0.6) is 5.75 Å². The van der Waals surface area contributed by atoms with E-state index in [1.807, 2.05) is 5.38 Å². The first-order valence-corrected chi connectivity index (χ1v) is 4.97. The first-order chi connectivity index (χ1) is 5.92. The fourth-order valence-corrected chi connectivity index (χ4v) is 2.29. The first-order valence-electron chi connectivity index (χ1n) is 4.09. The topological polar surface area (TPSA) is 47.3 Å². The van der Waals surface area contributed by atoms with Gasteiger partial charge in [0.15, 0.2) is 5.75 Å². The molecule has 0 aromatic carbocycles. The number of nitrogens with one attached hydrogen (secondary N) is 1. The van der Waals surface area contributed by atoms with Gasteiger partial charge in [0, 0.05) is 16.8 Å². The van der Waals surface area contributed by atoms with Crippen LogP contribution < -0.4 is 15.8 Å². The van der Waals surface area contributed by atoms with Gasteiger partial charge in [0.2, 0.25) is 0 Å². The molecular weight excluding hydrogens is 172 g/mol. The zero-order valence-corrected chi connectivity index (χ0v) is 7.62. The van der Waals surface area contributed by atoms with Crippen molar-refractivity contribution < 1.29 is 4.74 Å². The molecule has 0 aliphatic carbocycles. The average molecular weight is 184 g/mol. The second kappa shape index (κ2) is 3.33. The molecule has 0 spiro atoms. The van der Waals surface area contributed by atoms with Crippen LogP contribution in [0.2, 0.25) is 0 Å². The van der Waals surface area contributed by atoms with Crippen molar-refractivity contribution in [2.45, 2.75) is 6.42 Å². The van der Waals surface area contributed by atoms with Crippen molar-refractivity contribution in [3.8, 4) is 5.75 Å². The summed E-state index contributed by atoms with van der Waals surface area (Å²) in [6, 6.07) is 0. The highest BCUT2D eigenvalue weighted by molar-refractivity contribution is 7.10. The van der Waals surface area contributed by atoms with E-state index in [-0.39, 0.29) is 0 Å². The standard InChI is InChI=1S/C8H12N2OS/c9-2-1-7-8-6(5-12-7)11-4-3-10-8/h5,10H,1-4,9H2. The molecule has 0 amide bonds. The number of nitrogens with two attached hydrogens (primary N) is 1. The number of fused-ring (bicyclic) bond motifs is 1. The van der Waals surface area contributed by atoms with Crippen molar-refractivity contribution in [1.29, 1.82) is 0 Å². The van der Waals surface area contributed by atoms with Gasteiger partial charge in [-0.3, -0.25) is 0 Å². The Bertz CT molecular complexity index is 272. The molecule has 0 unspecified atom stereocenters. The van der Waals surface area contributed by atoms with Crippen LogP contribution in [0, 0.1) is 0 Å². The summed E-state index contributed by atoms with van der Waals surface area (Å²) in [5.74, 6) is 0.995. The third-order valence-electron chi connectivity index (χ3n) is 1.87. The average Bonchev–Trinajstić information content (AvgIpc) is 2.50. The molecular formula is C8H12N2OS. The lowest BCUT2D eigenvalue weighted by molar-refractivity contribution is 0.324. The fourth-order valence-electron chi connectivity index (χ4n) is 1.32. The molecule has 1 aliphatic heterocycles. The predicted octanol–water partition coefficient (Wildman–Crippen LogP) is 1.05. The summed E-state index contributed by atoms with van der Waals surface area (Å²) in [7, 11) is 0. The monoisotopic (exact) mass is 184 g/mol. The molecule has 0 radical (unpaired) electrons. The molecule has 66 valence electrons. The molecule has 0 saturated heterocycles. The molecule has 12 heavy (non-hydrogen) atoms. The number of hydrogen-bond donors (Lipinski definition) is 2. The number of rotatable bonds is 2. The largest absolute Gasteiger partial charge is 0.489 e. The summed E-state index contributed by atoms with van der Waals surface area (Å²) in [4.78, 5) is 1.31. The molecule has 1 aliphatic rings. The molecule has 0 atom stereocenters. The zero-order valence-electron chi connectivity index (χ0n) is 6.80. The highest BCUT2D eigenvalue weighted by Gasteiger charge is 2.15. The minimum Gasteiger partial charge on any atom is -0.489 e. The van der Waals surface area contributed by atoms with Gasteiger partial charge < -0.3 is 15.8 Å². The second-order valence-electron chi connectivity index (χ2n) is 2.71. The molecule has 2 heterocycles. The van der Waals surface area contributed by atoms with Crippen LogP contribution in [-0.2, 0) is 6.42 Å². The Balaban J connectivity index is 2.25. The van der Waals surface area contributed by atoms with Crippen molar-refractivity contribution in [1.82, 2.24) is 0 Å². The molecule has 1 aromatic rings. The van der Waals surface area contributed by atoms with Crippen molar-refractivity contribution in [3.63, 3.8) is 0 Å². The van der Waals surface area contributed by atoms with E-state index in [0.29, 0.717) is 6.54 Å². The lowest BCUT2D eigenvalue weighted by atomic mass is 10.3. The molecule has 0 bridgehead atoms. The Morgan fingerprint density at radius 3 is 3.42 bits per heavy atom. The normalized spacial score (nSPS) is 14.8. The van der Waals surface area contributed by atoms with E-state index in [4.69, 9.17) is 10.5 Å². The Morgan fingerprint density at radius 2 is 2.58 bits per heavy atom. The van der Waals surface area contributed by atoms with Gasteiger partial charge in [-0.05, 0) is 13.0 Å². The van der Waals surface area contributed by atoms with Crippen molar-refractivity contribution in [2.75, 3.05) is 25.0 Å². The van der Waals surface area contributed by atoms with Crippen LogP contribution in [0.25, 0.3) is 0 Å².